The number of anilines is 4. The first kappa shape index (κ1) is 21.6. The Labute approximate surface area is 179 Å². The van der Waals surface area contributed by atoms with Gasteiger partial charge in [0.1, 0.15) is 29.5 Å². The Hall–Kier alpha value is -3.08. The highest BCUT2D eigenvalue weighted by Crippen LogP contribution is 2.31. The van der Waals surface area contributed by atoms with Gasteiger partial charge < -0.3 is 20.1 Å². The maximum atomic E-state index is 12.1. The topological polar surface area (TPSA) is 114 Å². The lowest BCUT2D eigenvalue weighted by Gasteiger charge is -2.13. The second-order valence-corrected chi connectivity index (χ2v) is 8.25. The van der Waals surface area contributed by atoms with Gasteiger partial charge in [-0.25, -0.2) is 23.1 Å². The quantitative estimate of drug-likeness (QED) is 0.478. The smallest absolute Gasteiger partial charge is 0.240 e. The monoisotopic (exact) mass is 449 g/mol. The van der Waals surface area contributed by atoms with Crippen molar-refractivity contribution in [3.8, 4) is 11.5 Å². The summed E-state index contributed by atoms with van der Waals surface area (Å²) in [7, 11) is 0.774. The second-order valence-electron chi connectivity index (χ2n) is 5.96. The van der Waals surface area contributed by atoms with Gasteiger partial charge in [0.15, 0.2) is 0 Å². The highest BCUT2D eigenvalue weighted by atomic mass is 35.5. The molecule has 3 aromatic rings. The van der Waals surface area contributed by atoms with Gasteiger partial charge in [-0.1, -0.05) is 11.6 Å². The SMILES string of the molecule is CNS(=O)(=O)c1ccc(OC)c(Nc2cc(Nc3ccc(OC)c(Cl)c3)ncn2)c1. The maximum absolute atomic E-state index is 12.1. The molecule has 0 radical (unpaired) electrons. The molecule has 30 heavy (non-hydrogen) atoms. The Morgan fingerprint density at radius 3 is 2.20 bits per heavy atom. The van der Waals surface area contributed by atoms with E-state index in [1.807, 2.05) is 0 Å². The summed E-state index contributed by atoms with van der Waals surface area (Å²) in [6, 6.07) is 11.4. The molecule has 11 heteroatoms. The number of rotatable bonds is 8. The van der Waals surface area contributed by atoms with Gasteiger partial charge in [0.25, 0.3) is 0 Å². The van der Waals surface area contributed by atoms with E-state index in [0.29, 0.717) is 39.5 Å². The Morgan fingerprint density at radius 1 is 0.900 bits per heavy atom. The fourth-order valence-corrected chi connectivity index (χ4v) is 3.61. The lowest BCUT2D eigenvalue weighted by molar-refractivity contribution is 0.415. The van der Waals surface area contributed by atoms with Crippen molar-refractivity contribution >= 4 is 44.6 Å². The lowest BCUT2D eigenvalue weighted by Crippen LogP contribution is -2.18. The van der Waals surface area contributed by atoms with E-state index in [1.54, 1.807) is 37.4 Å². The van der Waals surface area contributed by atoms with Crippen LogP contribution in [-0.2, 0) is 10.0 Å². The summed E-state index contributed by atoms with van der Waals surface area (Å²) >= 11 is 6.15. The lowest BCUT2D eigenvalue weighted by atomic mass is 10.3. The van der Waals surface area contributed by atoms with Crippen LogP contribution in [0.2, 0.25) is 5.02 Å². The number of halogens is 1. The van der Waals surface area contributed by atoms with Gasteiger partial charge in [0.05, 0.1) is 29.8 Å². The molecular formula is C19H20ClN5O4S. The van der Waals surface area contributed by atoms with Crippen LogP contribution < -0.4 is 24.8 Å². The Bertz CT molecular complexity index is 1160. The van der Waals surface area contributed by atoms with Gasteiger partial charge in [-0.3, -0.25) is 0 Å². The Morgan fingerprint density at radius 2 is 1.57 bits per heavy atom. The van der Waals surface area contributed by atoms with Gasteiger partial charge in [-0.05, 0) is 43.4 Å². The van der Waals surface area contributed by atoms with Crippen LogP contribution >= 0.6 is 11.6 Å². The van der Waals surface area contributed by atoms with Gasteiger partial charge in [-0.2, -0.15) is 0 Å². The number of methoxy groups -OCH3 is 2. The number of hydrogen-bond donors (Lipinski definition) is 3. The Kier molecular flexibility index (Phi) is 6.60. The molecule has 0 spiro atoms. The molecule has 3 rings (SSSR count). The summed E-state index contributed by atoms with van der Waals surface area (Å²) in [5.41, 5.74) is 1.15. The van der Waals surface area contributed by atoms with Gasteiger partial charge in [-0.15, -0.1) is 0 Å². The van der Waals surface area contributed by atoms with Crippen LogP contribution in [0.1, 0.15) is 0 Å². The van der Waals surface area contributed by atoms with E-state index in [0.717, 1.165) is 0 Å². The molecule has 0 unspecified atom stereocenters. The standard InChI is InChI=1S/C19H20ClN5O4S/c1-21-30(26,27)13-5-7-17(29-3)15(9-13)25-19-10-18(22-11-23-19)24-12-4-6-16(28-2)14(20)8-12/h4-11,21H,1-3H3,(H2,22,23,24,25). The van der Waals surface area contributed by atoms with Crippen LogP contribution in [0.25, 0.3) is 0 Å². The normalized spacial score (nSPS) is 11.1. The molecule has 0 aliphatic heterocycles. The van der Waals surface area contributed by atoms with Crippen molar-refractivity contribution < 1.29 is 17.9 Å². The number of sulfonamides is 1. The van der Waals surface area contributed by atoms with Crippen molar-refractivity contribution in [2.24, 2.45) is 0 Å². The molecular weight excluding hydrogens is 430 g/mol. The predicted octanol–water partition coefficient (Wildman–Crippen LogP) is 3.54. The van der Waals surface area contributed by atoms with Crippen molar-refractivity contribution in [2.45, 2.75) is 4.90 Å². The van der Waals surface area contributed by atoms with Crippen LogP contribution in [0, 0.1) is 0 Å². The average molecular weight is 450 g/mol. The van der Waals surface area contributed by atoms with Crippen LogP contribution in [-0.4, -0.2) is 39.7 Å². The fourth-order valence-electron chi connectivity index (χ4n) is 2.59. The summed E-state index contributed by atoms with van der Waals surface area (Å²) in [6.45, 7) is 0. The molecule has 0 aliphatic rings. The minimum absolute atomic E-state index is 0.0913. The van der Waals surface area contributed by atoms with Crippen LogP contribution in [0.5, 0.6) is 11.5 Å². The number of benzene rings is 2. The summed E-state index contributed by atoms with van der Waals surface area (Å²) in [5.74, 6) is 1.96. The van der Waals surface area contributed by atoms with Gasteiger partial charge in [0.2, 0.25) is 10.0 Å². The number of ether oxygens (including phenoxy) is 2. The van der Waals surface area contributed by atoms with Crippen molar-refractivity contribution in [3.63, 3.8) is 0 Å². The van der Waals surface area contributed by atoms with E-state index >= 15 is 0 Å². The molecule has 0 aliphatic carbocycles. The minimum Gasteiger partial charge on any atom is -0.495 e. The molecule has 0 saturated heterocycles. The number of nitrogens with one attached hydrogen (secondary N) is 3. The minimum atomic E-state index is -3.61. The molecule has 2 aromatic carbocycles. The zero-order valence-electron chi connectivity index (χ0n) is 16.4. The molecule has 3 N–H and O–H groups in total. The first-order valence-corrected chi connectivity index (χ1v) is 10.5. The summed E-state index contributed by atoms with van der Waals surface area (Å²) in [5, 5.41) is 6.65. The number of hydrogen-bond acceptors (Lipinski definition) is 8. The van der Waals surface area contributed by atoms with Crippen molar-refractivity contribution in [2.75, 3.05) is 31.9 Å². The molecule has 0 saturated carbocycles. The first-order valence-electron chi connectivity index (χ1n) is 8.67. The van der Waals surface area contributed by atoms with Crippen LogP contribution in [0.4, 0.5) is 23.0 Å². The van der Waals surface area contributed by atoms with Crippen LogP contribution in [0.3, 0.4) is 0 Å². The van der Waals surface area contributed by atoms with E-state index < -0.39 is 10.0 Å². The van der Waals surface area contributed by atoms with E-state index in [-0.39, 0.29) is 4.90 Å². The summed E-state index contributed by atoms with van der Waals surface area (Å²) < 4.78 is 36.9. The highest BCUT2D eigenvalue weighted by molar-refractivity contribution is 7.89. The molecule has 0 amide bonds. The van der Waals surface area contributed by atoms with Gasteiger partial charge >= 0.3 is 0 Å². The maximum Gasteiger partial charge on any atom is 0.240 e. The molecule has 0 atom stereocenters. The van der Waals surface area contributed by atoms with Crippen molar-refractivity contribution in [3.05, 3.63) is 53.8 Å². The summed E-state index contributed by atoms with van der Waals surface area (Å²) in [6.07, 6.45) is 1.37. The van der Waals surface area contributed by atoms with Crippen molar-refractivity contribution in [1.82, 2.24) is 14.7 Å². The number of aromatic nitrogens is 2. The zero-order chi connectivity index (χ0) is 21.7. The van der Waals surface area contributed by atoms with Crippen LogP contribution in [0.15, 0.2) is 53.7 Å². The van der Waals surface area contributed by atoms with E-state index in [1.165, 1.54) is 32.6 Å². The first-order chi connectivity index (χ1) is 14.4. The Balaban J connectivity index is 1.86. The molecule has 1 heterocycles. The van der Waals surface area contributed by atoms with E-state index in [9.17, 15) is 8.42 Å². The third-order valence-electron chi connectivity index (χ3n) is 4.10. The van der Waals surface area contributed by atoms with Gasteiger partial charge in [0, 0.05) is 11.8 Å². The third-order valence-corrected chi connectivity index (χ3v) is 5.81. The van der Waals surface area contributed by atoms with E-state index in [2.05, 4.69) is 25.3 Å². The largest absolute Gasteiger partial charge is 0.495 e. The fraction of sp³-hybridized carbons (Fsp3) is 0.158. The third kappa shape index (κ3) is 4.90. The molecule has 158 valence electrons. The molecule has 0 bridgehead atoms. The average Bonchev–Trinajstić information content (AvgIpc) is 2.74. The zero-order valence-corrected chi connectivity index (χ0v) is 18.0. The second kappa shape index (κ2) is 9.16. The predicted molar refractivity (Wildman–Crippen MR) is 116 cm³/mol. The van der Waals surface area contributed by atoms with E-state index in [4.69, 9.17) is 21.1 Å². The van der Waals surface area contributed by atoms with Crippen molar-refractivity contribution in [1.29, 1.82) is 0 Å². The highest BCUT2D eigenvalue weighted by Gasteiger charge is 2.15. The number of nitrogens with zero attached hydrogens (tertiary/aromatic N) is 2. The molecule has 0 fully saturated rings. The molecule has 9 nitrogen and oxygen atoms in total. The summed E-state index contributed by atoms with van der Waals surface area (Å²) in [4.78, 5) is 8.46. The molecule has 1 aromatic heterocycles.